The molecule has 1 aliphatic heterocycles. The number of benzene rings is 1. The van der Waals surface area contributed by atoms with Crippen molar-refractivity contribution in [2.45, 2.75) is 25.8 Å². The van der Waals surface area contributed by atoms with Crippen molar-refractivity contribution in [1.82, 2.24) is 0 Å². The highest BCUT2D eigenvalue weighted by molar-refractivity contribution is 5.96. The lowest BCUT2D eigenvalue weighted by molar-refractivity contribution is -0.117. The van der Waals surface area contributed by atoms with Crippen molar-refractivity contribution >= 4 is 23.2 Å². The molecule has 0 bridgehead atoms. The molecule has 2 rings (SSSR count). The fourth-order valence-electron chi connectivity index (χ4n) is 1.72. The van der Waals surface area contributed by atoms with E-state index in [0.29, 0.717) is 18.5 Å². The smallest absolute Gasteiger partial charge is 0.240 e. The minimum Gasteiger partial charge on any atom is -0.326 e. The number of nitrogens with one attached hydrogen (secondary N) is 2. The first kappa shape index (κ1) is 11.6. The van der Waals surface area contributed by atoms with Crippen LogP contribution in [0.3, 0.4) is 0 Å². The SMILES string of the molecule is C[C@@H](N)C(=O)Nc1ccc2c(c1)CCC(=O)N2. The predicted molar refractivity (Wildman–Crippen MR) is 65.7 cm³/mol. The minimum absolute atomic E-state index is 0.0323. The van der Waals surface area contributed by atoms with Crippen molar-refractivity contribution in [2.75, 3.05) is 10.6 Å². The van der Waals surface area contributed by atoms with Crippen LogP contribution in [0.1, 0.15) is 18.9 Å². The number of aryl methyl sites for hydroxylation is 1. The second-order valence-electron chi connectivity index (χ2n) is 4.20. The van der Waals surface area contributed by atoms with E-state index >= 15 is 0 Å². The van der Waals surface area contributed by atoms with Gasteiger partial charge in [0.05, 0.1) is 6.04 Å². The molecule has 1 atom stereocenters. The number of carbonyl (C=O) groups excluding carboxylic acids is 2. The van der Waals surface area contributed by atoms with Gasteiger partial charge in [-0.1, -0.05) is 0 Å². The lowest BCUT2D eigenvalue weighted by Crippen LogP contribution is -2.32. The van der Waals surface area contributed by atoms with Crippen molar-refractivity contribution in [1.29, 1.82) is 0 Å². The number of anilines is 2. The van der Waals surface area contributed by atoms with Gasteiger partial charge in [-0.15, -0.1) is 0 Å². The molecule has 0 aliphatic carbocycles. The van der Waals surface area contributed by atoms with E-state index in [2.05, 4.69) is 10.6 Å². The molecule has 4 N–H and O–H groups in total. The summed E-state index contributed by atoms with van der Waals surface area (Å²) in [7, 11) is 0. The molecule has 1 aliphatic rings. The third kappa shape index (κ3) is 2.62. The average Bonchev–Trinajstić information content (AvgIpc) is 2.29. The van der Waals surface area contributed by atoms with Gasteiger partial charge in [0.2, 0.25) is 11.8 Å². The van der Waals surface area contributed by atoms with Gasteiger partial charge in [-0.05, 0) is 37.1 Å². The number of fused-ring (bicyclic) bond motifs is 1. The van der Waals surface area contributed by atoms with E-state index < -0.39 is 6.04 Å². The fourth-order valence-corrected chi connectivity index (χ4v) is 1.72. The number of amides is 2. The second kappa shape index (κ2) is 4.55. The summed E-state index contributed by atoms with van der Waals surface area (Å²) >= 11 is 0. The van der Waals surface area contributed by atoms with Gasteiger partial charge in [0.15, 0.2) is 0 Å². The normalized spacial score (nSPS) is 15.8. The number of nitrogens with two attached hydrogens (primary N) is 1. The molecule has 0 unspecified atom stereocenters. The van der Waals surface area contributed by atoms with Crippen LogP contribution in [0, 0.1) is 0 Å². The Morgan fingerprint density at radius 1 is 1.47 bits per heavy atom. The number of carbonyl (C=O) groups is 2. The maximum Gasteiger partial charge on any atom is 0.240 e. The van der Waals surface area contributed by atoms with Crippen LogP contribution >= 0.6 is 0 Å². The topological polar surface area (TPSA) is 84.2 Å². The van der Waals surface area contributed by atoms with Crippen molar-refractivity contribution < 1.29 is 9.59 Å². The summed E-state index contributed by atoms with van der Waals surface area (Å²) in [6.45, 7) is 1.63. The highest BCUT2D eigenvalue weighted by atomic mass is 16.2. The highest BCUT2D eigenvalue weighted by Crippen LogP contribution is 2.25. The largest absolute Gasteiger partial charge is 0.326 e. The predicted octanol–water partition coefficient (Wildman–Crippen LogP) is 0.857. The first-order valence-corrected chi connectivity index (χ1v) is 5.55. The lowest BCUT2D eigenvalue weighted by atomic mass is 10.0. The summed E-state index contributed by atoms with van der Waals surface area (Å²) in [5.74, 6) is -0.185. The van der Waals surface area contributed by atoms with E-state index in [4.69, 9.17) is 5.73 Å². The fraction of sp³-hybridized carbons (Fsp3) is 0.333. The Morgan fingerprint density at radius 2 is 2.24 bits per heavy atom. The first-order valence-electron chi connectivity index (χ1n) is 5.55. The van der Waals surface area contributed by atoms with Gasteiger partial charge >= 0.3 is 0 Å². The zero-order valence-corrected chi connectivity index (χ0v) is 9.62. The summed E-state index contributed by atoms with van der Waals surface area (Å²) in [6.07, 6.45) is 1.18. The monoisotopic (exact) mass is 233 g/mol. The van der Waals surface area contributed by atoms with E-state index in [1.807, 2.05) is 6.07 Å². The zero-order valence-electron chi connectivity index (χ0n) is 9.62. The molecule has 0 radical (unpaired) electrons. The quantitative estimate of drug-likeness (QED) is 0.708. The van der Waals surface area contributed by atoms with Crippen molar-refractivity contribution in [3.8, 4) is 0 Å². The van der Waals surface area contributed by atoms with Crippen LogP contribution in [-0.2, 0) is 16.0 Å². The summed E-state index contributed by atoms with van der Waals surface area (Å²) in [5.41, 5.74) is 8.03. The molecule has 1 aromatic carbocycles. The summed E-state index contributed by atoms with van der Waals surface area (Å²) in [6, 6.07) is 4.88. The third-order valence-electron chi connectivity index (χ3n) is 2.68. The van der Waals surface area contributed by atoms with Gasteiger partial charge in [-0.2, -0.15) is 0 Å². The third-order valence-corrected chi connectivity index (χ3v) is 2.68. The standard InChI is InChI=1S/C12H15N3O2/c1-7(13)12(17)14-9-3-4-10-8(6-9)2-5-11(16)15-10/h3-4,6-7H,2,5,13H2,1H3,(H,14,17)(H,15,16)/t7-/m1/s1. The summed E-state index contributed by atoms with van der Waals surface area (Å²) in [4.78, 5) is 22.6. The zero-order chi connectivity index (χ0) is 12.4. The van der Waals surface area contributed by atoms with E-state index in [-0.39, 0.29) is 11.8 Å². The maximum atomic E-state index is 11.4. The van der Waals surface area contributed by atoms with Crippen LogP contribution in [0.25, 0.3) is 0 Å². The molecule has 5 heteroatoms. The Balaban J connectivity index is 2.17. The molecule has 5 nitrogen and oxygen atoms in total. The molecule has 1 heterocycles. The van der Waals surface area contributed by atoms with Crippen molar-refractivity contribution in [2.24, 2.45) is 5.73 Å². The molecular weight excluding hydrogens is 218 g/mol. The molecule has 1 aromatic rings. The van der Waals surface area contributed by atoms with E-state index in [9.17, 15) is 9.59 Å². The van der Waals surface area contributed by atoms with Crippen LogP contribution in [-0.4, -0.2) is 17.9 Å². The van der Waals surface area contributed by atoms with Crippen LogP contribution in [0.5, 0.6) is 0 Å². The van der Waals surface area contributed by atoms with Gasteiger partial charge in [0.1, 0.15) is 0 Å². The summed E-state index contributed by atoms with van der Waals surface area (Å²) in [5, 5.41) is 5.51. The van der Waals surface area contributed by atoms with Crippen LogP contribution < -0.4 is 16.4 Å². The molecule has 90 valence electrons. The van der Waals surface area contributed by atoms with Gasteiger partial charge in [-0.3, -0.25) is 9.59 Å². The molecule has 0 saturated heterocycles. The first-order chi connectivity index (χ1) is 8.06. The Bertz CT molecular complexity index is 469. The van der Waals surface area contributed by atoms with E-state index in [1.54, 1.807) is 19.1 Å². The van der Waals surface area contributed by atoms with E-state index in [0.717, 1.165) is 11.3 Å². The van der Waals surface area contributed by atoms with Crippen LogP contribution in [0.15, 0.2) is 18.2 Å². The highest BCUT2D eigenvalue weighted by Gasteiger charge is 2.15. The van der Waals surface area contributed by atoms with Gasteiger partial charge in [0.25, 0.3) is 0 Å². The number of hydrogen-bond acceptors (Lipinski definition) is 3. The average molecular weight is 233 g/mol. The van der Waals surface area contributed by atoms with Crippen LogP contribution in [0.4, 0.5) is 11.4 Å². The van der Waals surface area contributed by atoms with Gasteiger partial charge in [-0.25, -0.2) is 0 Å². The molecule has 0 saturated carbocycles. The minimum atomic E-state index is -0.536. The van der Waals surface area contributed by atoms with Gasteiger partial charge < -0.3 is 16.4 Å². The van der Waals surface area contributed by atoms with Crippen molar-refractivity contribution in [3.05, 3.63) is 23.8 Å². The van der Waals surface area contributed by atoms with Crippen molar-refractivity contribution in [3.63, 3.8) is 0 Å². The number of hydrogen-bond donors (Lipinski definition) is 3. The lowest BCUT2D eigenvalue weighted by Gasteiger charge is -2.18. The maximum absolute atomic E-state index is 11.4. The Labute approximate surface area is 99.4 Å². The molecule has 0 fully saturated rings. The Kier molecular flexibility index (Phi) is 3.10. The Morgan fingerprint density at radius 3 is 2.94 bits per heavy atom. The van der Waals surface area contributed by atoms with Crippen LogP contribution in [0.2, 0.25) is 0 Å². The molecule has 0 spiro atoms. The van der Waals surface area contributed by atoms with Gasteiger partial charge in [0, 0.05) is 17.8 Å². The molecule has 17 heavy (non-hydrogen) atoms. The second-order valence-corrected chi connectivity index (χ2v) is 4.20. The molecular formula is C12H15N3O2. The summed E-state index contributed by atoms with van der Waals surface area (Å²) < 4.78 is 0. The molecule has 2 amide bonds. The molecule has 0 aromatic heterocycles. The van der Waals surface area contributed by atoms with E-state index in [1.165, 1.54) is 0 Å². The number of rotatable bonds is 2. The Hall–Kier alpha value is -1.88.